The van der Waals surface area contributed by atoms with E-state index in [-0.39, 0.29) is 0 Å². The fraction of sp³-hybridized carbons (Fsp3) is 0.400. The highest BCUT2D eigenvalue weighted by atomic mass is 16.5. The minimum Gasteiger partial charge on any atom is -0.361 e. The molecule has 0 unspecified atom stereocenters. The molecule has 3 heterocycles. The van der Waals surface area contributed by atoms with Crippen LogP contribution in [0.15, 0.2) is 41.1 Å². The van der Waals surface area contributed by atoms with Crippen molar-refractivity contribution in [3.8, 4) is 11.3 Å². The average Bonchev–Trinajstić information content (AvgIpc) is 3.36. The molecular weight excluding hydrogens is 312 g/mol. The molecule has 1 aromatic carbocycles. The summed E-state index contributed by atoms with van der Waals surface area (Å²) in [6.45, 7) is 6.08. The number of aryl methyl sites for hydroxylation is 2. The number of benzene rings is 1. The van der Waals surface area contributed by atoms with Crippen LogP contribution in [-0.4, -0.2) is 26.8 Å². The fourth-order valence-corrected chi connectivity index (χ4v) is 3.70. The van der Waals surface area contributed by atoms with Gasteiger partial charge in [0, 0.05) is 18.2 Å². The maximum Gasteiger partial charge on any atom is 0.133 e. The summed E-state index contributed by atoms with van der Waals surface area (Å²) in [5.74, 6) is 0.877. The molecule has 0 amide bonds. The highest BCUT2D eigenvalue weighted by Crippen LogP contribution is 2.34. The van der Waals surface area contributed by atoms with E-state index >= 15 is 0 Å². The molecule has 1 fully saturated rings. The van der Waals surface area contributed by atoms with E-state index in [1.807, 2.05) is 13.1 Å². The number of aromatic amines is 1. The number of likely N-dealkylation sites (tertiary alicyclic amines) is 1. The first-order valence-electron chi connectivity index (χ1n) is 9.03. The van der Waals surface area contributed by atoms with Gasteiger partial charge in [0.25, 0.3) is 0 Å². The van der Waals surface area contributed by atoms with Crippen molar-refractivity contribution in [3.05, 3.63) is 59.1 Å². The monoisotopic (exact) mass is 336 g/mol. The number of rotatable bonds is 5. The molecule has 0 spiro atoms. The van der Waals surface area contributed by atoms with Gasteiger partial charge in [0.05, 0.1) is 17.9 Å². The van der Waals surface area contributed by atoms with Gasteiger partial charge in [-0.05, 0) is 43.9 Å². The first-order chi connectivity index (χ1) is 12.2. The zero-order valence-corrected chi connectivity index (χ0v) is 14.8. The van der Waals surface area contributed by atoms with Crippen molar-refractivity contribution in [1.82, 2.24) is 20.3 Å². The summed E-state index contributed by atoms with van der Waals surface area (Å²) in [6.07, 6.45) is 5.33. The van der Waals surface area contributed by atoms with E-state index in [9.17, 15) is 0 Å². The van der Waals surface area contributed by atoms with Gasteiger partial charge in [0.2, 0.25) is 0 Å². The van der Waals surface area contributed by atoms with E-state index in [2.05, 4.69) is 57.5 Å². The van der Waals surface area contributed by atoms with Crippen LogP contribution in [0.25, 0.3) is 11.3 Å². The SMILES string of the molecule is CCc1ccc(-c2[nH]ncc2CN2CCC[C@@H]2c2cc(C)on2)cc1. The van der Waals surface area contributed by atoms with Crippen LogP contribution in [-0.2, 0) is 13.0 Å². The Labute approximate surface area is 148 Å². The third kappa shape index (κ3) is 3.24. The van der Waals surface area contributed by atoms with Crippen LogP contribution in [0.4, 0.5) is 0 Å². The Morgan fingerprint density at radius 3 is 2.84 bits per heavy atom. The second-order valence-corrected chi connectivity index (χ2v) is 6.81. The Balaban J connectivity index is 1.56. The lowest BCUT2D eigenvalue weighted by Gasteiger charge is -2.22. The highest BCUT2D eigenvalue weighted by Gasteiger charge is 2.29. The van der Waals surface area contributed by atoms with Gasteiger partial charge in [-0.3, -0.25) is 10.00 Å². The van der Waals surface area contributed by atoms with E-state index in [0.29, 0.717) is 6.04 Å². The molecule has 25 heavy (non-hydrogen) atoms. The molecule has 3 aromatic rings. The van der Waals surface area contributed by atoms with Gasteiger partial charge in [0.15, 0.2) is 0 Å². The zero-order valence-electron chi connectivity index (χ0n) is 14.8. The Kier molecular flexibility index (Phi) is 4.40. The second kappa shape index (κ2) is 6.84. The van der Waals surface area contributed by atoms with E-state index in [4.69, 9.17) is 4.52 Å². The molecular formula is C20H24N4O. The van der Waals surface area contributed by atoms with Gasteiger partial charge >= 0.3 is 0 Å². The molecule has 1 atom stereocenters. The van der Waals surface area contributed by atoms with Gasteiger partial charge in [-0.15, -0.1) is 0 Å². The van der Waals surface area contributed by atoms with Gasteiger partial charge in [-0.1, -0.05) is 36.3 Å². The van der Waals surface area contributed by atoms with Gasteiger partial charge in [0.1, 0.15) is 11.5 Å². The third-order valence-electron chi connectivity index (χ3n) is 5.09. The third-order valence-corrected chi connectivity index (χ3v) is 5.09. The molecule has 1 aliphatic heterocycles. The van der Waals surface area contributed by atoms with Crippen molar-refractivity contribution < 1.29 is 4.52 Å². The maximum atomic E-state index is 5.28. The molecule has 0 aliphatic carbocycles. The summed E-state index contributed by atoms with van der Waals surface area (Å²) >= 11 is 0. The number of H-pyrrole nitrogens is 1. The van der Waals surface area contributed by atoms with Crippen molar-refractivity contribution in [3.63, 3.8) is 0 Å². The molecule has 130 valence electrons. The molecule has 5 nitrogen and oxygen atoms in total. The van der Waals surface area contributed by atoms with Gasteiger partial charge in [-0.25, -0.2) is 0 Å². The van der Waals surface area contributed by atoms with Gasteiger partial charge < -0.3 is 4.52 Å². The van der Waals surface area contributed by atoms with E-state index in [0.717, 1.165) is 43.1 Å². The summed E-state index contributed by atoms with van der Waals surface area (Å²) in [4.78, 5) is 2.48. The molecule has 0 saturated carbocycles. The predicted octanol–water partition coefficient (Wildman–Crippen LogP) is 4.27. The van der Waals surface area contributed by atoms with E-state index in [1.165, 1.54) is 23.1 Å². The molecule has 1 aliphatic rings. The lowest BCUT2D eigenvalue weighted by Crippen LogP contribution is -2.23. The van der Waals surface area contributed by atoms with Crippen LogP contribution in [0.2, 0.25) is 0 Å². The number of hydrogen-bond acceptors (Lipinski definition) is 4. The average molecular weight is 336 g/mol. The van der Waals surface area contributed by atoms with Crippen LogP contribution < -0.4 is 0 Å². The van der Waals surface area contributed by atoms with Crippen molar-refractivity contribution in [2.24, 2.45) is 0 Å². The van der Waals surface area contributed by atoms with Crippen molar-refractivity contribution in [1.29, 1.82) is 0 Å². The highest BCUT2D eigenvalue weighted by molar-refractivity contribution is 5.62. The maximum absolute atomic E-state index is 5.28. The molecule has 2 aromatic heterocycles. The predicted molar refractivity (Wildman–Crippen MR) is 97.0 cm³/mol. The molecule has 0 bridgehead atoms. The Morgan fingerprint density at radius 1 is 1.28 bits per heavy atom. The smallest absolute Gasteiger partial charge is 0.133 e. The number of nitrogens with one attached hydrogen (secondary N) is 1. The lowest BCUT2D eigenvalue weighted by molar-refractivity contribution is 0.237. The first-order valence-corrected chi connectivity index (χ1v) is 9.03. The molecule has 5 heteroatoms. The van der Waals surface area contributed by atoms with Crippen LogP contribution in [0.1, 0.15) is 48.4 Å². The number of hydrogen-bond donors (Lipinski definition) is 1. The molecule has 4 rings (SSSR count). The van der Waals surface area contributed by atoms with E-state index < -0.39 is 0 Å². The number of nitrogens with zero attached hydrogens (tertiary/aromatic N) is 3. The Hall–Kier alpha value is -2.40. The summed E-state index contributed by atoms with van der Waals surface area (Å²) < 4.78 is 5.28. The second-order valence-electron chi connectivity index (χ2n) is 6.81. The lowest BCUT2D eigenvalue weighted by atomic mass is 10.0. The number of aromatic nitrogens is 3. The summed E-state index contributed by atoms with van der Waals surface area (Å²) in [5, 5.41) is 11.7. The topological polar surface area (TPSA) is 58.0 Å². The van der Waals surface area contributed by atoms with Crippen LogP contribution in [0.5, 0.6) is 0 Å². The van der Waals surface area contributed by atoms with Crippen LogP contribution >= 0.6 is 0 Å². The minimum atomic E-state index is 0.336. The Morgan fingerprint density at radius 2 is 2.12 bits per heavy atom. The summed E-state index contributed by atoms with van der Waals surface area (Å²) in [7, 11) is 0. The normalized spacial score (nSPS) is 18.1. The van der Waals surface area contributed by atoms with Crippen LogP contribution in [0.3, 0.4) is 0 Å². The fourth-order valence-electron chi connectivity index (χ4n) is 3.70. The zero-order chi connectivity index (χ0) is 17.2. The standard InChI is InChI=1S/C20H24N4O/c1-3-15-6-8-16(9-7-15)20-17(12-21-22-20)13-24-10-4-5-19(24)18-11-14(2)25-23-18/h6-9,11-12,19H,3-5,10,13H2,1-2H3,(H,21,22)/t19-/m1/s1. The van der Waals surface area contributed by atoms with Crippen molar-refractivity contribution in [2.45, 2.75) is 45.7 Å². The minimum absolute atomic E-state index is 0.336. The summed E-state index contributed by atoms with van der Waals surface area (Å²) in [5.41, 5.74) is 5.94. The first kappa shape index (κ1) is 16.1. The van der Waals surface area contributed by atoms with Gasteiger partial charge in [-0.2, -0.15) is 5.10 Å². The van der Waals surface area contributed by atoms with Crippen LogP contribution in [0, 0.1) is 6.92 Å². The molecule has 1 N–H and O–H groups in total. The van der Waals surface area contributed by atoms with Crippen molar-refractivity contribution >= 4 is 0 Å². The molecule has 1 saturated heterocycles. The molecule has 0 radical (unpaired) electrons. The summed E-state index contributed by atoms with van der Waals surface area (Å²) in [6, 6.07) is 11.1. The van der Waals surface area contributed by atoms with E-state index in [1.54, 1.807) is 0 Å². The largest absolute Gasteiger partial charge is 0.361 e. The quantitative estimate of drug-likeness (QED) is 0.756. The van der Waals surface area contributed by atoms with Crippen molar-refractivity contribution in [2.75, 3.05) is 6.54 Å². The Bertz CT molecular complexity index is 834.